The molecule has 1 aromatic carbocycles. The maximum absolute atomic E-state index is 13.0. The van der Waals surface area contributed by atoms with E-state index in [2.05, 4.69) is 4.74 Å². The summed E-state index contributed by atoms with van der Waals surface area (Å²) >= 11 is 0. The normalized spacial score (nSPS) is 21.4. The van der Waals surface area contributed by atoms with Gasteiger partial charge in [-0.2, -0.15) is 13.2 Å². The van der Waals surface area contributed by atoms with Crippen LogP contribution in [0.1, 0.15) is 22.3 Å². The lowest BCUT2D eigenvalue weighted by atomic mass is 10.1. The van der Waals surface area contributed by atoms with Crippen molar-refractivity contribution in [3.8, 4) is 0 Å². The molecular formula is C15H13F3N2O4. The fourth-order valence-corrected chi connectivity index (χ4v) is 2.94. The van der Waals surface area contributed by atoms with Gasteiger partial charge in [-0.25, -0.2) is 9.69 Å². The zero-order valence-corrected chi connectivity index (χ0v) is 12.4. The van der Waals surface area contributed by atoms with Crippen LogP contribution in [0.4, 0.5) is 18.0 Å². The van der Waals surface area contributed by atoms with Crippen molar-refractivity contribution < 1.29 is 32.3 Å². The number of ether oxygens (including phenoxy) is 1. The van der Waals surface area contributed by atoms with E-state index in [1.807, 2.05) is 0 Å². The highest BCUT2D eigenvalue weighted by Gasteiger charge is 2.42. The van der Waals surface area contributed by atoms with Gasteiger partial charge in [0.2, 0.25) is 0 Å². The van der Waals surface area contributed by atoms with Gasteiger partial charge in [0.25, 0.3) is 11.8 Å². The number of halogens is 3. The van der Waals surface area contributed by atoms with Gasteiger partial charge < -0.3 is 9.64 Å². The van der Waals surface area contributed by atoms with Crippen LogP contribution in [0.15, 0.2) is 24.3 Å². The number of imide groups is 1. The van der Waals surface area contributed by atoms with E-state index in [-0.39, 0.29) is 19.7 Å². The van der Waals surface area contributed by atoms with Crippen molar-refractivity contribution in [1.82, 2.24) is 9.80 Å². The number of nitrogens with zero attached hydrogens (tertiary/aromatic N) is 2. The minimum atomic E-state index is -4.64. The van der Waals surface area contributed by atoms with Gasteiger partial charge >= 0.3 is 12.3 Å². The molecule has 0 aliphatic carbocycles. The Morgan fingerprint density at radius 2 is 1.92 bits per heavy atom. The smallest absolute Gasteiger partial charge is 0.417 e. The lowest BCUT2D eigenvalue weighted by Gasteiger charge is -2.21. The summed E-state index contributed by atoms with van der Waals surface area (Å²) < 4.78 is 43.7. The van der Waals surface area contributed by atoms with Crippen LogP contribution in [0, 0.1) is 0 Å². The Labute approximate surface area is 134 Å². The number of carbonyl (C=O) groups is 3. The minimum Gasteiger partial charge on any atom is -0.439 e. The molecule has 2 aliphatic heterocycles. The average molecular weight is 342 g/mol. The molecule has 24 heavy (non-hydrogen) atoms. The van der Waals surface area contributed by atoms with Crippen LogP contribution in [-0.2, 0) is 15.7 Å². The van der Waals surface area contributed by atoms with E-state index >= 15 is 0 Å². The third-order valence-electron chi connectivity index (χ3n) is 4.06. The predicted molar refractivity (Wildman–Crippen MR) is 73.9 cm³/mol. The van der Waals surface area contributed by atoms with Gasteiger partial charge in [0.15, 0.2) is 6.61 Å². The number of hydrogen-bond donors (Lipinski definition) is 0. The van der Waals surface area contributed by atoms with Crippen LogP contribution in [0.25, 0.3) is 0 Å². The highest BCUT2D eigenvalue weighted by atomic mass is 19.4. The largest absolute Gasteiger partial charge is 0.439 e. The van der Waals surface area contributed by atoms with E-state index in [4.69, 9.17) is 0 Å². The molecule has 2 aliphatic rings. The number of cyclic esters (lactones) is 1. The zero-order valence-electron chi connectivity index (χ0n) is 12.4. The second-order valence-electron chi connectivity index (χ2n) is 5.56. The minimum absolute atomic E-state index is 0.00807. The van der Waals surface area contributed by atoms with Crippen LogP contribution >= 0.6 is 0 Å². The molecule has 0 N–H and O–H groups in total. The number of hydrogen-bond acceptors (Lipinski definition) is 4. The molecule has 0 spiro atoms. The first-order chi connectivity index (χ1) is 11.3. The van der Waals surface area contributed by atoms with Crippen molar-refractivity contribution in [2.24, 2.45) is 0 Å². The van der Waals surface area contributed by atoms with Gasteiger partial charge in [-0.3, -0.25) is 9.59 Å². The number of rotatable bonds is 2. The molecule has 3 rings (SSSR count). The molecule has 2 fully saturated rings. The van der Waals surface area contributed by atoms with E-state index in [0.29, 0.717) is 6.42 Å². The number of likely N-dealkylation sites (tertiary alicyclic amines) is 1. The molecule has 128 valence electrons. The van der Waals surface area contributed by atoms with Gasteiger partial charge in [0.1, 0.15) is 0 Å². The topological polar surface area (TPSA) is 66.9 Å². The number of carbonyl (C=O) groups excluding carboxylic acids is 3. The predicted octanol–water partition coefficient (Wildman–Crippen LogP) is 1.90. The Hall–Kier alpha value is -2.58. The molecule has 0 saturated carbocycles. The SMILES string of the molecule is O=C(c1ccccc1C(F)(F)F)N1CCC(N2C(=O)COC2=O)C1. The van der Waals surface area contributed by atoms with Crippen molar-refractivity contribution in [2.75, 3.05) is 19.7 Å². The number of amides is 3. The lowest BCUT2D eigenvalue weighted by molar-refractivity contribution is -0.138. The quantitative estimate of drug-likeness (QED) is 0.823. The Bertz CT molecular complexity index is 688. The third kappa shape index (κ3) is 2.81. The van der Waals surface area contributed by atoms with Crippen molar-refractivity contribution in [3.05, 3.63) is 35.4 Å². The summed E-state index contributed by atoms with van der Waals surface area (Å²) in [4.78, 5) is 37.8. The zero-order chi connectivity index (χ0) is 17.5. The molecule has 6 nitrogen and oxygen atoms in total. The van der Waals surface area contributed by atoms with Crippen LogP contribution in [-0.4, -0.2) is 53.4 Å². The van der Waals surface area contributed by atoms with Crippen LogP contribution in [0.2, 0.25) is 0 Å². The molecule has 9 heteroatoms. The molecule has 0 aromatic heterocycles. The van der Waals surface area contributed by atoms with Gasteiger partial charge in [0.05, 0.1) is 17.2 Å². The Morgan fingerprint density at radius 3 is 2.54 bits per heavy atom. The molecule has 3 amide bonds. The van der Waals surface area contributed by atoms with Crippen LogP contribution < -0.4 is 0 Å². The average Bonchev–Trinajstić information content (AvgIpc) is 3.12. The maximum atomic E-state index is 13.0. The number of alkyl halides is 3. The van der Waals surface area contributed by atoms with E-state index in [9.17, 15) is 27.6 Å². The second-order valence-corrected chi connectivity index (χ2v) is 5.56. The summed E-state index contributed by atoms with van der Waals surface area (Å²) in [6.07, 6.45) is -5.11. The molecule has 1 aromatic rings. The summed E-state index contributed by atoms with van der Waals surface area (Å²) in [7, 11) is 0. The molecule has 0 radical (unpaired) electrons. The van der Waals surface area contributed by atoms with Crippen molar-refractivity contribution >= 4 is 17.9 Å². The lowest BCUT2D eigenvalue weighted by Crippen LogP contribution is -2.42. The fraction of sp³-hybridized carbons (Fsp3) is 0.400. The molecular weight excluding hydrogens is 329 g/mol. The second kappa shape index (κ2) is 5.81. The van der Waals surface area contributed by atoms with E-state index in [1.54, 1.807) is 0 Å². The summed E-state index contributed by atoms with van der Waals surface area (Å²) in [5, 5.41) is 0. The molecule has 1 unspecified atom stereocenters. The first-order valence-electron chi connectivity index (χ1n) is 7.23. The standard InChI is InChI=1S/C15H13F3N2O4/c16-15(17,18)11-4-2-1-3-10(11)13(22)19-6-5-9(7-19)20-12(21)8-24-14(20)23/h1-4,9H,5-8H2. The first kappa shape index (κ1) is 16.3. The van der Waals surface area contributed by atoms with Crippen molar-refractivity contribution in [1.29, 1.82) is 0 Å². The summed E-state index contributed by atoms with van der Waals surface area (Å²) in [5.74, 6) is -1.28. The summed E-state index contributed by atoms with van der Waals surface area (Å²) in [5.41, 5.74) is -1.45. The van der Waals surface area contributed by atoms with Gasteiger partial charge in [0, 0.05) is 13.1 Å². The molecule has 1 atom stereocenters. The van der Waals surface area contributed by atoms with Crippen LogP contribution in [0.5, 0.6) is 0 Å². The molecule has 2 saturated heterocycles. The highest BCUT2D eigenvalue weighted by Crippen LogP contribution is 2.33. The van der Waals surface area contributed by atoms with E-state index in [0.717, 1.165) is 17.0 Å². The van der Waals surface area contributed by atoms with Crippen molar-refractivity contribution in [2.45, 2.75) is 18.6 Å². The fourth-order valence-electron chi connectivity index (χ4n) is 2.94. The monoisotopic (exact) mass is 342 g/mol. The van der Waals surface area contributed by atoms with Gasteiger partial charge in [-0.15, -0.1) is 0 Å². The summed E-state index contributed by atoms with van der Waals surface area (Å²) in [6, 6.07) is 3.97. The Morgan fingerprint density at radius 1 is 1.21 bits per heavy atom. The maximum Gasteiger partial charge on any atom is 0.417 e. The highest BCUT2D eigenvalue weighted by molar-refractivity contribution is 5.99. The van der Waals surface area contributed by atoms with Gasteiger partial charge in [-0.1, -0.05) is 12.1 Å². The Balaban J connectivity index is 1.79. The van der Waals surface area contributed by atoms with Crippen molar-refractivity contribution in [3.63, 3.8) is 0 Å². The third-order valence-corrected chi connectivity index (χ3v) is 4.06. The van der Waals surface area contributed by atoms with Gasteiger partial charge in [-0.05, 0) is 18.6 Å². The molecule has 2 heterocycles. The van der Waals surface area contributed by atoms with Crippen LogP contribution in [0.3, 0.4) is 0 Å². The number of benzene rings is 1. The van der Waals surface area contributed by atoms with E-state index in [1.165, 1.54) is 17.0 Å². The molecule has 0 bridgehead atoms. The van der Waals surface area contributed by atoms with E-state index < -0.39 is 41.3 Å². The Kier molecular flexibility index (Phi) is 3.94. The summed E-state index contributed by atoms with van der Waals surface area (Å²) in [6.45, 7) is -0.196. The first-order valence-corrected chi connectivity index (χ1v) is 7.23.